The molecule has 0 N–H and O–H groups in total. The molecular weight excluding hydrogens is 290 g/mol. The molecule has 0 radical (unpaired) electrons. The standard InChI is InChI=1S/C18H20N3S/c1-13-12-14(2)20(3)17(19-13)10-7-11-18-21(4)15-8-5-6-9-16(15)22-18/h5-12H,1-4H3/q+1. The van der Waals surface area contributed by atoms with Crippen LogP contribution in [0.15, 0.2) is 52.4 Å². The maximum Gasteiger partial charge on any atom is 0.323 e. The van der Waals surface area contributed by atoms with Crippen LogP contribution in [0.25, 0.3) is 6.08 Å². The van der Waals surface area contributed by atoms with Crippen molar-refractivity contribution in [3.8, 4) is 0 Å². The summed E-state index contributed by atoms with van der Waals surface area (Å²) in [6.07, 6.45) is 6.28. The quantitative estimate of drug-likeness (QED) is 0.790. The summed E-state index contributed by atoms with van der Waals surface area (Å²) in [5.74, 6) is 0.970. The van der Waals surface area contributed by atoms with E-state index < -0.39 is 0 Å². The first-order valence-corrected chi connectivity index (χ1v) is 8.11. The highest BCUT2D eigenvalue weighted by Gasteiger charge is 2.20. The lowest BCUT2D eigenvalue weighted by atomic mass is 10.3. The van der Waals surface area contributed by atoms with Gasteiger partial charge >= 0.3 is 5.82 Å². The Balaban J connectivity index is 1.84. The average molecular weight is 310 g/mol. The Labute approximate surface area is 136 Å². The van der Waals surface area contributed by atoms with E-state index in [0.717, 1.165) is 11.5 Å². The third-order valence-electron chi connectivity index (χ3n) is 3.84. The van der Waals surface area contributed by atoms with Gasteiger partial charge < -0.3 is 4.90 Å². The van der Waals surface area contributed by atoms with E-state index in [1.165, 1.54) is 21.3 Å². The first-order chi connectivity index (χ1) is 10.6. The second kappa shape index (κ2) is 5.97. The number of aromatic nitrogens is 2. The van der Waals surface area contributed by atoms with Crippen molar-refractivity contribution < 1.29 is 4.57 Å². The van der Waals surface area contributed by atoms with E-state index in [9.17, 15) is 0 Å². The number of aryl methyl sites for hydroxylation is 2. The lowest BCUT2D eigenvalue weighted by molar-refractivity contribution is -0.682. The van der Waals surface area contributed by atoms with Crippen LogP contribution in [0.4, 0.5) is 5.69 Å². The molecule has 1 aliphatic rings. The molecule has 0 saturated carbocycles. The van der Waals surface area contributed by atoms with Gasteiger partial charge in [0.05, 0.1) is 17.8 Å². The molecule has 1 aromatic heterocycles. The number of thioether (sulfide) groups is 1. The summed E-state index contributed by atoms with van der Waals surface area (Å²) in [5, 5.41) is 1.23. The Morgan fingerprint density at radius 3 is 2.77 bits per heavy atom. The van der Waals surface area contributed by atoms with Crippen LogP contribution < -0.4 is 9.47 Å². The predicted octanol–water partition coefficient (Wildman–Crippen LogP) is 3.62. The fourth-order valence-corrected chi connectivity index (χ4v) is 3.56. The zero-order chi connectivity index (χ0) is 15.7. The molecule has 3 rings (SSSR count). The van der Waals surface area contributed by atoms with Crippen molar-refractivity contribution in [2.24, 2.45) is 7.05 Å². The summed E-state index contributed by atoms with van der Waals surface area (Å²) in [5.41, 5.74) is 3.52. The van der Waals surface area contributed by atoms with Crippen molar-refractivity contribution in [3.63, 3.8) is 0 Å². The van der Waals surface area contributed by atoms with Gasteiger partial charge in [0.25, 0.3) is 0 Å². The van der Waals surface area contributed by atoms with Crippen LogP contribution in [-0.4, -0.2) is 12.0 Å². The maximum absolute atomic E-state index is 4.58. The molecule has 1 aromatic carbocycles. The van der Waals surface area contributed by atoms with Crippen molar-refractivity contribution in [3.05, 3.63) is 64.7 Å². The Bertz CT molecular complexity index is 778. The molecule has 22 heavy (non-hydrogen) atoms. The monoisotopic (exact) mass is 310 g/mol. The number of nitrogens with zero attached hydrogens (tertiary/aromatic N) is 3. The van der Waals surface area contributed by atoms with Gasteiger partial charge in [-0.3, -0.25) is 0 Å². The van der Waals surface area contributed by atoms with Crippen LogP contribution in [0.3, 0.4) is 0 Å². The van der Waals surface area contributed by atoms with Crippen LogP contribution >= 0.6 is 11.8 Å². The molecule has 112 valence electrons. The minimum absolute atomic E-state index is 0.970. The Morgan fingerprint density at radius 1 is 1.23 bits per heavy atom. The molecule has 0 spiro atoms. The van der Waals surface area contributed by atoms with Crippen LogP contribution in [0.5, 0.6) is 0 Å². The van der Waals surface area contributed by atoms with Crippen molar-refractivity contribution in [1.82, 2.24) is 4.98 Å². The van der Waals surface area contributed by atoms with E-state index in [0.29, 0.717) is 0 Å². The highest BCUT2D eigenvalue weighted by atomic mass is 32.2. The summed E-state index contributed by atoms with van der Waals surface area (Å²) in [4.78, 5) is 8.11. The molecule has 1 aliphatic heterocycles. The molecular formula is C18H20N3S+. The normalized spacial score (nSPS) is 15.8. The lowest BCUT2D eigenvalue weighted by Gasteiger charge is -2.12. The molecule has 0 unspecified atom stereocenters. The zero-order valence-electron chi connectivity index (χ0n) is 13.4. The molecule has 0 bridgehead atoms. The van der Waals surface area contributed by atoms with E-state index in [4.69, 9.17) is 0 Å². The van der Waals surface area contributed by atoms with Gasteiger partial charge in [-0.1, -0.05) is 30.0 Å². The number of anilines is 1. The molecule has 0 amide bonds. The highest BCUT2D eigenvalue weighted by molar-refractivity contribution is 8.03. The number of rotatable bonds is 2. The fraction of sp³-hybridized carbons (Fsp3) is 0.222. The topological polar surface area (TPSA) is 20.0 Å². The van der Waals surface area contributed by atoms with E-state index in [2.05, 4.69) is 77.0 Å². The second-order valence-electron chi connectivity index (χ2n) is 5.45. The number of benzene rings is 1. The number of hydrogen-bond acceptors (Lipinski definition) is 3. The third kappa shape index (κ3) is 2.79. The molecule has 0 fully saturated rings. The number of fused-ring (bicyclic) bond motifs is 1. The average Bonchev–Trinajstić information content (AvgIpc) is 2.81. The highest BCUT2D eigenvalue weighted by Crippen LogP contribution is 2.44. The minimum Gasteiger partial charge on any atom is -0.338 e. The van der Waals surface area contributed by atoms with Gasteiger partial charge in [-0.2, -0.15) is 0 Å². The smallest absolute Gasteiger partial charge is 0.323 e. The molecule has 2 aromatic rings. The number of para-hydroxylation sites is 1. The molecule has 0 aliphatic carbocycles. The van der Waals surface area contributed by atoms with E-state index >= 15 is 0 Å². The molecule has 0 saturated heterocycles. The van der Waals surface area contributed by atoms with Gasteiger partial charge in [0.1, 0.15) is 5.69 Å². The molecule has 4 heteroatoms. The minimum atomic E-state index is 0.970. The van der Waals surface area contributed by atoms with Crippen LogP contribution in [0.2, 0.25) is 0 Å². The van der Waals surface area contributed by atoms with Gasteiger partial charge in [0, 0.05) is 31.0 Å². The summed E-state index contributed by atoms with van der Waals surface area (Å²) in [6.45, 7) is 4.13. The first-order valence-electron chi connectivity index (χ1n) is 7.29. The maximum atomic E-state index is 4.58. The Morgan fingerprint density at radius 2 is 2.00 bits per heavy atom. The van der Waals surface area contributed by atoms with Gasteiger partial charge in [-0.05, 0) is 30.1 Å². The van der Waals surface area contributed by atoms with Gasteiger partial charge in [0.15, 0.2) is 5.69 Å². The Hall–Kier alpha value is -2.07. The van der Waals surface area contributed by atoms with E-state index in [1.807, 2.05) is 14.0 Å². The van der Waals surface area contributed by atoms with Crippen LogP contribution in [-0.2, 0) is 7.05 Å². The Kier molecular flexibility index (Phi) is 4.03. The van der Waals surface area contributed by atoms with Gasteiger partial charge in [-0.25, -0.2) is 4.57 Å². The van der Waals surface area contributed by atoms with Gasteiger partial charge in [0.2, 0.25) is 0 Å². The first kappa shape index (κ1) is 14.9. The zero-order valence-corrected chi connectivity index (χ0v) is 14.2. The lowest BCUT2D eigenvalue weighted by Crippen LogP contribution is -2.36. The van der Waals surface area contributed by atoms with Crippen molar-refractivity contribution >= 4 is 23.5 Å². The summed E-state index contributed by atoms with van der Waals surface area (Å²) >= 11 is 1.80. The second-order valence-corrected chi connectivity index (χ2v) is 6.51. The predicted molar refractivity (Wildman–Crippen MR) is 92.7 cm³/mol. The molecule has 3 nitrogen and oxygen atoms in total. The summed E-state index contributed by atoms with van der Waals surface area (Å²) in [6, 6.07) is 10.6. The van der Waals surface area contributed by atoms with Crippen molar-refractivity contribution in [2.75, 3.05) is 11.9 Å². The largest absolute Gasteiger partial charge is 0.338 e. The number of hydrogen-bond donors (Lipinski definition) is 0. The molecule has 0 atom stereocenters. The number of allylic oxidation sites excluding steroid dienone is 2. The van der Waals surface area contributed by atoms with Crippen molar-refractivity contribution in [2.45, 2.75) is 18.7 Å². The SMILES string of the molecule is Cc1cc(C)[n+](C)c(C=CC=C2Sc3ccccc3N2C)n1. The van der Waals surface area contributed by atoms with Crippen molar-refractivity contribution in [1.29, 1.82) is 0 Å². The van der Waals surface area contributed by atoms with E-state index in [-0.39, 0.29) is 0 Å². The third-order valence-corrected chi connectivity index (χ3v) is 5.02. The van der Waals surface area contributed by atoms with E-state index in [1.54, 1.807) is 11.8 Å². The molecule has 2 heterocycles. The summed E-state index contributed by atoms with van der Waals surface area (Å²) < 4.78 is 2.10. The van der Waals surface area contributed by atoms with Crippen LogP contribution in [0, 0.1) is 13.8 Å². The summed E-state index contributed by atoms with van der Waals surface area (Å²) in [7, 11) is 4.15. The fourth-order valence-electron chi connectivity index (χ4n) is 2.50. The van der Waals surface area contributed by atoms with Gasteiger partial charge in [-0.15, -0.1) is 0 Å². The van der Waals surface area contributed by atoms with Crippen LogP contribution in [0.1, 0.15) is 17.2 Å².